The van der Waals surface area contributed by atoms with Crippen LogP contribution in [0, 0.1) is 5.82 Å². The van der Waals surface area contributed by atoms with E-state index in [0.29, 0.717) is 25.3 Å². The van der Waals surface area contributed by atoms with Crippen molar-refractivity contribution in [3.63, 3.8) is 0 Å². The SMILES string of the molecule is CN(C)C(C(=O)N1CCOC(c2ccccc2F)C1)c1ccccc1. The second kappa shape index (κ2) is 7.76. The molecule has 1 heterocycles. The molecular formula is C20H23FN2O2. The van der Waals surface area contributed by atoms with Crippen LogP contribution in [-0.2, 0) is 9.53 Å². The van der Waals surface area contributed by atoms with Crippen molar-refractivity contribution in [2.45, 2.75) is 12.1 Å². The molecule has 4 nitrogen and oxygen atoms in total. The highest BCUT2D eigenvalue weighted by molar-refractivity contribution is 5.83. The van der Waals surface area contributed by atoms with Crippen molar-refractivity contribution in [1.82, 2.24) is 9.80 Å². The Labute approximate surface area is 147 Å². The first kappa shape index (κ1) is 17.6. The van der Waals surface area contributed by atoms with E-state index in [0.717, 1.165) is 5.56 Å². The highest BCUT2D eigenvalue weighted by Crippen LogP contribution is 2.27. The van der Waals surface area contributed by atoms with Crippen molar-refractivity contribution in [2.75, 3.05) is 33.8 Å². The number of likely N-dealkylation sites (N-methyl/N-ethyl adjacent to an activating group) is 1. The Morgan fingerprint density at radius 3 is 2.52 bits per heavy atom. The van der Waals surface area contributed by atoms with Gasteiger partial charge in [-0.1, -0.05) is 48.5 Å². The van der Waals surface area contributed by atoms with Gasteiger partial charge in [0.15, 0.2) is 0 Å². The van der Waals surface area contributed by atoms with Crippen LogP contribution in [0.4, 0.5) is 4.39 Å². The van der Waals surface area contributed by atoms with Gasteiger partial charge in [-0.3, -0.25) is 9.69 Å². The monoisotopic (exact) mass is 342 g/mol. The summed E-state index contributed by atoms with van der Waals surface area (Å²) in [6.45, 7) is 1.28. The van der Waals surface area contributed by atoms with Crippen LogP contribution in [0.1, 0.15) is 23.3 Å². The molecule has 1 amide bonds. The van der Waals surface area contributed by atoms with Crippen molar-refractivity contribution in [3.05, 3.63) is 71.5 Å². The summed E-state index contributed by atoms with van der Waals surface area (Å²) >= 11 is 0. The maximum atomic E-state index is 14.1. The lowest BCUT2D eigenvalue weighted by Crippen LogP contribution is -2.47. The first-order valence-electron chi connectivity index (χ1n) is 8.44. The summed E-state index contributed by atoms with van der Waals surface area (Å²) in [5.74, 6) is -0.283. The summed E-state index contributed by atoms with van der Waals surface area (Å²) in [7, 11) is 3.79. The van der Waals surface area contributed by atoms with Crippen LogP contribution in [0.2, 0.25) is 0 Å². The average Bonchev–Trinajstić information content (AvgIpc) is 2.63. The zero-order valence-electron chi connectivity index (χ0n) is 14.6. The van der Waals surface area contributed by atoms with E-state index in [-0.39, 0.29) is 17.8 Å². The number of halogens is 1. The number of carbonyl (C=O) groups excluding carboxylic acids is 1. The molecule has 0 saturated carbocycles. The molecule has 0 N–H and O–H groups in total. The fraction of sp³-hybridized carbons (Fsp3) is 0.350. The molecule has 0 aliphatic carbocycles. The molecule has 0 spiro atoms. The standard InChI is InChI=1S/C20H23FN2O2/c1-22(2)19(15-8-4-3-5-9-15)20(24)23-12-13-25-18(14-23)16-10-6-7-11-17(16)21/h3-11,18-19H,12-14H2,1-2H3. The van der Waals surface area contributed by atoms with Crippen molar-refractivity contribution in [2.24, 2.45) is 0 Å². The van der Waals surface area contributed by atoms with E-state index >= 15 is 0 Å². The van der Waals surface area contributed by atoms with Gasteiger partial charge in [-0.15, -0.1) is 0 Å². The number of benzene rings is 2. The van der Waals surface area contributed by atoms with Crippen molar-refractivity contribution in [1.29, 1.82) is 0 Å². The van der Waals surface area contributed by atoms with E-state index in [1.807, 2.05) is 49.3 Å². The summed E-state index contributed by atoms with van der Waals surface area (Å²) in [6, 6.07) is 15.9. The Morgan fingerprint density at radius 2 is 1.84 bits per heavy atom. The van der Waals surface area contributed by atoms with E-state index in [1.54, 1.807) is 23.1 Å². The smallest absolute Gasteiger partial charge is 0.244 e. The van der Waals surface area contributed by atoms with Crippen LogP contribution in [-0.4, -0.2) is 49.5 Å². The van der Waals surface area contributed by atoms with Crippen molar-refractivity contribution < 1.29 is 13.9 Å². The molecule has 0 aromatic heterocycles. The van der Waals surface area contributed by atoms with E-state index in [1.165, 1.54) is 6.07 Å². The molecule has 2 aromatic rings. The molecule has 3 rings (SSSR count). The van der Waals surface area contributed by atoms with Crippen LogP contribution in [0.15, 0.2) is 54.6 Å². The molecular weight excluding hydrogens is 319 g/mol. The van der Waals surface area contributed by atoms with E-state index in [4.69, 9.17) is 4.74 Å². The summed E-state index contributed by atoms with van der Waals surface area (Å²) in [6.07, 6.45) is -0.433. The molecule has 1 aliphatic rings. The number of carbonyl (C=O) groups is 1. The zero-order chi connectivity index (χ0) is 17.8. The molecule has 2 atom stereocenters. The molecule has 132 valence electrons. The summed E-state index contributed by atoms with van der Waals surface area (Å²) in [5, 5.41) is 0. The Bertz CT molecular complexity index is 721. The fourth-order valence-electron chi connectivity index (χ4n) is 3.24. The van der Waals surface area contributed by atoms with E-state index in [9.17, 15) is 9.18 Å². The highest BCUT2D eigenvalue weighted by atomic mass is 19.1. The molecule has 2 unspecified atom stereocenters. The number of hydrogen-bond donors (Lipinski definition) is 0. The van der Waals surface area contributed by atoms with Gasteiger partial charge in [-0.2, -0.15) is 0 Å². The van der Waals surface area contributed by atoms with Gasteiger partial charge in [0.2, 0.25) is 5.91 Å². The Kier molecular flexibility index (Phi) is 5.46. The number of morpholine rings is 1. The van der Waals surface area contributed by atoms with Gasteiger partial charge in [0.05, 0.1) is 13.2 Å². The lowest BCUT2D eigenvalue weighted by atomic mass is 10.0. The van der Waals surface area contributed by atoms with Crippen molar-refractivity contribution >= 4 is 5.91 Å². The molecule has 2 aromatic carbocycles. The first-order valence-corrected chi connectivity index (χ1v) is 8.44. The van der Waals surface area contributed by atoms with Crippen LogP contribution in [0.25, 0.3) is 0 Å². The fourth-order valence-corrected chi connectivity index (χ4v) is 3.24. The number of rotatable bonds is 4. The predicted molar refractivity (Wildman–Crippen MR) is 94.5 cm³/mol. The van der Waals surface area contributed by atoms with Crippen LogP contribution in [0.3, 0.4) is 0 Å². The van der Waals surface area contributed by atoms with Gasteiger partial charge >= 0.3 is 0 Å². The molecule has 1 saturated heterocycles. The maximum absolute atomic E-state index is 14.1. The van der Waals surface area contributed by atoms with Crippen molar-refractivity contribution in [3.8, 4) is 0 Å². The average molecular weight is 342 g/mol. The predicted octanol–water partition coefficient (Wildman–Crippen LogP) is 3.03. The van der Waals surface area contributed by atoms with Gasteiger partial charge in [-0.05, 0) is 25.7 Å². The lowest BCUT2D eigenvalue weighted by molar-refractivity contribution is -0.144. The summed E-state index contributed by atoms with van der Waals surface area (Å²) < 4.78 is 19.8. The summed E-state index contributed by atoms with van der Waals surface area (Å²) in [4.78, 5) is 16.8. The Hall–Kier alpha value is -2.24. The molecule has 1 aliphatic heterocycles. The van der Waals surface area contributed by atoms with E-state index < -0.39 is 6.10 Å². The number of hydrogen-bond acceptors (Lipinski definition) is 3. The Balaban J connectivity index is 1.80. The minimum Gasteiger partial charge on any atom is -0.370 e. The molecule has 1 fully saturated rings. The quantitative estimate of drug-likeness (QED) is 0.856. The number of ether oxygens (including phenoxy) is 1. The topological polar surface area (TPSA) is 32.8 Å². The molecule has 0 radical (unpaired) electrons. The third-order valence-corrected chi connectivity index (χ3v) is 4.50. The molecule has 0 bridgehead atoms. The second-order valence-corrected chi connectivity index (χ2v) is 6.44. The van der Waals surface area contributed by atoms with E-state index in [2.05, 4.69) is 0 Å². The summed E-state index contributed by atoms with van der Waals surface area (Å²) in [5.41, 5.74) is 1.45. The zero-order valence-corrected chi connectivity index (χ0v) is 14.6. The number of amides is 1. The largest absolute Gasteiger partial charge is 0.370 e. The maximum Gasteiger partial charge on any atom is 0.244 e. The first-order chi connectivity index (χ1) is 12.1. The van der Waals surface area contributed by atoms with Crippen LogP contribution in [0.5, 0.6) is 0 Å². The lowest BCUT2D eigenvalue weighted by Gasteiger charge is -2.37. The molecule has 5 heteroatoms. The van der Waals surface area contributed by atoms with Crippen LogP contribution < -0.4 is 0 Å². The van der Waals surface area contributed by atoms with Gasteiger partial charge in [0, 0.05) is 12.1 Å². The van der Waals surface area contributed by atoms with Crippen LogP contribution >= 0.6 is 0 Å². The van der Waals surface area contributed by atoms with Gasteiger partial charge in [0.1, 0.15) is 18.0 Å². The second-order valence-electron chi connectivity index (χ2n) is 6.44. The third-order valence-electron chi connectivity index (χ3n) is 4.50. The highest BCUT2D eigenvalue weighted by Gasteiger charge is 2.32. The minimum absolute atomic E-state index is 0.0147. The van der Waals surface area contributed by atoms with Gasteiger partial charge < -0.3 is 9.64 Å². The minimum atomic E-state index is -0.433. The normalized spacial score (nSPS) is 19.0. The molecule has 25 heavy (non-hydrogen) atoms. The Morgan fingerprint density at radius 1 is 1.16 bits per heavy atom. The number of nitrogens with zero attached hydrogens (tertiary/aromatic N) is 2. The van der Waals surface area contributed by atoms with Gasteiger partial charge in [0.25, 0.3) is 0 Å². The van der Waals surface area contributed by atoms with Gasteiger partial charge in [-0.25, -0.2) is 4.39 Å². The third kappa shape index (κ3) is 3.89.